The summed E-state index contributed by atoms with van der Waals surface area (Å²) in [5, 5.41) is 0. The molecule has 0 bridgehead atoms. The molecule has 0 saturated heterocycles. The molecular weight excluding hydrogens is 182 g/mol. The van der Waals surface area contributed by atoms with Crippen LogP contribution in [0.25, 0.3) is 0 Å². The molecule has 92 valence electrons. The quantitative estimate of drug-likeness (QED) is 0.519. The summed E-state index contributed by atoms with van der Waals surface area (Å²) in [4.78, 5) is 2.28. The van der Waals surface area contributed by atoms with Gasteiger partial charge in [-0.25, -0.2) is 0 Å². The van der Waals surface area contributed by atoms with Gasteiger partial charge in [0.25, 0.3) is 0 Å². The average Bonchev–Trinajstić information content (AvgIpc) is 2.16. The molecule has 15 heavy (non-hydrogen) atoms. The molecule has 0 spiro atoms. The van der Waals surface area contributed by atoms with Gasteiger partial charge in [0.1, 0.15) is 0 Å². The number of hydrogen-bond donors (Lipinski definition) is 0. The third-order valence-corrected chi connectivity index (χ3v) is 3.30. The van der Waals surface area contributed by atoms with Crippen molar-refractivity contribution < 1.29 is 0 Å². The van der Waals surface area contributed by atoms with E-state index in [1.165, 1.54) is 45.1 Å². The van der Waals surface area contributed by atoms with E-state index in [1.807, 2.05) is 0 Å². The van der Waals surface area contributed by atoms with Crippen molar-refractivity contribution in [2.24, 2.45) is 11.8 Å². The van der Waals surface area contributed by atoms with Crippen LogP contribution in [0.5, 0.6) is 0 Å². The molecule has 0 aromatic rings. The summed E-state index contributed by atoms with van der Waals surface area (Å²) in [6, 6.07) is 0. The Morgan fingerprint density at radius 3 is 2.13 bits per heavy atom. The van der Waals surface area contributed by atoms with Gasteiger partial charge in [-0.05, 0) is 45.3 Å². The summed E-state index contributed by atoms with van der Waals surface area (Å²) in [5.74, 6) is 1.85. The van der Waals surface area contributed by atoms with Gasteiger partial charge in [0.05, 0.1) is 0 Å². The fourth-order valence-electron chi connectivity index (χ4n) is 2.07. The van der Waals surface area contributed by atoms with Crippen molar-refractivity contribution in [2.75, 3.05) is 20.6 Å². The van der Waals surface area contributed by atoms with Crippen molar-refractivity contribution in [3.8, 4) is 0 Å². The van der Waals surface area contributed by atoms with Crippen LogP contribution in [0.4, 0.5) is 0 Å². The SMILES string of the molecule is CCC(C)CC(C)CCCCCN(C)C. The number of nitrogens with zero attached hydrogens (tertiary/aromatic N) is 1. The van der Waals surface area contributed by atoms with Crippen molar-refractivity contribution in [3.63, 3.8) is 0 Å². The summed E-state index contributed by atoms with van der Waals surface area (Å²) in [6.45, 7) is 8.34. The lowest BCUT2D eigenvalue weighted by atomic mass is 9.91. The fourth-order valence-corrected chi connectivity index (χ4v) is 2.07. The topological polar surface area (TPSA) is 3.24 Å². The highest BCUT2D eigenvalue weighted by Gasteiger charge is 2.06. The van der Waals surface area contributed by atoms with E-state index >= 15 is 0 Å². The first-order valence-corrected chi connectivity index (χ1v) is 6.71. The predicted molar refractivity (Wildman–Crippen MR) is 70.3 cm³/mol. The van der Waals surface area contributed by atoms with Gasteiger partial charge in [0, 0.05) is 0 Å². The van der Waals surface area contributed by atoms with Crippen LogP contribution >= 0.6 is 0 Å². The highest BCUT2D eigenvalue weighted by Crippen LogP contribution is 2.19. The van der Waals surface area contributed by atoms with Crippen molar-refractivity contribution in [2.45, 2.75) is 59.3 Å². The van der Waals surface area contributed by atoms with Crippen molar-refractivity contribution in [1.82, 2.24) is 4.90 Å². The molecule has 0 N–H and O–H groups in total. The molecule has 0 aromatic carbocycles. The van der Waals surface area contributed by atoms with Crippen LogP contribution in [0, 0.1) is 11.8 Å². The molecule has 0 radical (unpaired) electrons. The van der Waals surface area contributed by atoms with Crippen molar-refractivity contribution >= 4 is 0 Å². The molecule has 0 rings (SSSR count). The smallest absolute Gasteiger partial charge is 0.00248 e. The fraction of sp³-hybridized carbons (Fsp3) is 1.00. The Morgan fingerprint density at radius 1 is 0.933 bits per heavy atom. The van der Waals surface area contributed by atoms with Crippen LogP contribution in [0.15, 0.2) is 0 Å². The predicted octanol–water partition coefficient (Wildman–Crippen LogP) is 4.18. The number of hydrogen-bond acceptors (Lipinski definition) is 1. The van der Waals surface area contributed by atoms with Gasteiger partial charge in [-0.3, -0.25) is 0 Å². The zero-order valence-electron chi connectivity index (χ0n) is 11.6. The lowest BCUT2D eigenvalue weighted by molar-refractivity contribution is 0.359. The first kappa shape index (κ1) is 15.0. The monoisotopic (exact) mass is 213 g/mol. The van der Waals surface area contributed by atoms with E-state index in [9.17, 15) is 0 Å². The minimum Gasteiger partial charge on any atom is -0.309 e. The Hall–Kier alpha value is -0.0400. The van der Waals surface area contributed by atoms with Crippen LogP contribution in [0.1, 0.15) is 59.3 Å². The Bertz CT molecular complexity index is 131. The molecule has 0 aliphatic carbocycles. The van der Waals surface area contributed by atoms with Gasteiger partial charge in [0.2, 0.25) is 0 Å². The van der Waals surface area contributed by atoms with E-state index in [-0.39, 0.29) is 0 Å². The summed E-state index contributed by atoms with van der Waals surface area (Å²) >= 11 is 0. The van der Waals surface area contributed by atoms with E-state index in [2.05, 4.69) is 39.8 Å². The summed E-state index contributed by atoms with van der Waals surface area (Å²) in [7, 11) is 4.32. The van der Waals surface area contributed by atoms with E-state index < -0.39 is 0 Å². The Labute approximate surface area is 97.2 Å². The maximum Gasteiger partial charge on any atom is -0.00248 e. The van der Waals surface area contributed by atoms with E-state index in [0.717, 1.165) is 11.8 Å². The second kappa shape index (κ2) is 9.21. The van der Waals surface area contributed by atoms with Gasteiger partial charge in [-0.15, -0.1) is 0 Å². The minimum atomic E-state index is 0.918. The van der Waals surface area contributed by atoms with E-state index in [1.54, 1.807) is 0 Å². The Balaban J connectivity index is 3.27. The van der Waals surface area contributed by atoms with Crippen LogP contribution in [0.2, 0.25) is 0 Å². The molecule has 0 aromatic heterocycles. The van der Waals surface area contributed by atoms with E-state index in [0.29, 0.717) is 0 Å². The van der Waals surface area contributed by atoms with E-state index in [4.69, 9.17) is 0 Å². The highest BCUT2D eigenvalue weighted by molar-refractivity contribution is 4.59. The maximum atomic E-state index is 2.41. The lowest BCUT2D eigenvalue weighted by Crippen LogP contribution is -2.12. The number of unbranched alkanes of at least 4 members (excludes halogenated alkanes) is 2. The molecule has 0 aliphatic rings. The molecule has 0 saturated carbocycles. The largest absolute Gasteiger partial charge is 0.309 e. The van der Waals surface area contributed by atoms with Gasteiger partial charge in [-0.1, -0.05) is 46.5 Å². The normalized spacial score (nSPS) is 15.6. The average molecular weight is 213 g/mol. The molecule has 2 atom stereocenters. The third-order valence-electron chi connectivity index (χ3n) is 3.30. The first-order chi connectivity index (χ1) is 7.06. The Kier molecular flexibility index (Phi) is 9.18. The molecule has 0 fully saturated rings. The van der Waals surface area contributed by atoms with Crippen LogP contribution in [-0.2, 0) is 0 Å². The molecule has 1 nitrogen and oxygen atoms in total. The molecule has 2 unspecified atom stereocenters. The van der Waals surface area contributed by atoms with Gasteiger partial charge in [0.15, 0.2) is 0 Å². The third kappa shape index (κ3) is 10.2. The van der Waals surface area contributed by atoms with Crippen molar-refractivity contribution in [3.05, 3.63) is 0 Å². The standard InChI is InChI=1S/C14H31N/c1-6-13(2)12-14(3)10-8-7-9-11-15(4)5/h13-14H,6-12H2,1-5H3. The molecular formula is C14H31N. The molecule has 1 heteroatoms. The summed E-state index contributed by atoms with van der Waals surface area (Å²) in [6.07, 6.45) is 8.38. The molecule has 0 heterocycles. The zero-order valence-corrected chi connectivity index (χ0v) is 11.6. The molecule has 0 amide bonds. The van der Waals surface area contributed by atoms with Gasteiger partial charge < -0.3 is 4.90 Å². The zero-order chi connectivity index (χ0) is 11.7. The maximum absolute atomic E-state index is 2.41. The van der Waals surface area contributed by atoms with Crippen LogP contribution in [-0.4, -0.2) is 25.5 Å². The van der Waals surface area contributed by atoms with Gasteiger partial charge in [-0.2, -0.15) is 0 Å². The van der Waals surface area contributed by atoms with Crippen molar-refractivity contribution in [1.29, 1.82) is 0 Å². The lowest BCUT2D eigenvalue weighted by Gasteiger charge is -2.16. The summed E-state index contributed by atoms with van der Waals surface area (Å²) < 4.78 is 0. The van der Waals surface area contributed by atoms with Crippen LogP contribution < -0.4 is 0 Å². The second-order valence-corrected chi connectivity index (χ2v) is 5.51. The highest BCUT2D eigenvalue weighted by atomic mass is 15.0. The number of rotatable bonds is 9. The molecule has 0 aliphatic heterocycles. The minimum absolute atomic E-state index is 0.918. The Morgan fingerprint density at radius 2 is 1.60 bits per heavy atom. The van der Waals surface area contributed by atoms with Crippen LogP contribution in [0.3, 0.4) is 0 Å². The van der Waals surface area contributed by atoms with Gasteiger partial charge >= 0.3 is 0 Å². The summed E-state index contributed by atoms with van der Waals surface area (Å²) in [5.41, 5.74) is 0. The second-order valence-electron chi connectivity index (χ2n) is 5.51. The first-order valence-electron chi connectivity index (χ1n) is 6.71.